The first-order valence-corrected chi connectivity index (χ1v) is 9.73. The number of hydrogen-bond acceptors (Lipinski definition) is 6. The first kappa shape index (κ1) is 18.0. The molecule has 3 heterocycles. The second kappa shape index (κ2) is 7.68. The van der Waals surface area contributed by atoms with Gasteiger partial charge in [-0.1, -0.05) is 22.8 Å². The summed E-state index contributed by atoms with van der Waals surface area (Å²) in [5, 5.41) is 8.40. The van der Waals surface area contributed by atoms with E-state index in [1.54, 1.807) is 0 Å². The van der Waals surface area contributed by atoms with Gasteiger partial charge < -0.3 is 19.1 Å². The third-order valence-electron chi connectivity index (χ3n) is 5.64. The highest BCUT2D eigenvalue weighted by molar-refractivity contribution is 5.79. The molecule has 0 bridgehead atoms. The number of aryl methyl sites for hydroxylation is 1. The van der Waals surface area contributed by atoms with Crippen LogP contribution in [0.5, 0.6) is 0 Å². The van der Waals surface area contributed by atoms with Crippen LogP contribution in [0.4, 0.5) is 6.01 Å². The Morgan fingerprint density at radius 1 is 1.00 bits per heavy atom. The number of amides is 1. The van der Waals surface area contributed by atoms with Gasteiger partial charge in [-0.3, -0.25) is 4.79 Å². The first-order valence-electron chi connectivity index (χ1n) is 9.73. The maximum Gasteiger partial charge on any atom is 0.318 e. The second-order valence-corrected chi connectivity index (χ2v) is 7.65. The molecule has 7 nitrogen and oxygen atoms in total. The molecule has 0 atom stereocenters. The van der Waals surface area contributed by atoms with Crippen LogP contribution in [0.25, 0.3) is 11.5 Å². The molecule has 1 amide bonds. The fourth-order valence-corrected chi connectivity index (χ4v) is 3.76. The molecule has 0 spiro atoms. The number of likely N-dealkylation sites (N-methyl/N-ethyl adjacent to an activating group) is 1. The summed E-state index contributed by atoms with van der Waals surface area (Å²) in [5.41, 5.74) is 2.13. The minimum absolute atomic E-state index is 0.115. The van der Waals surface area contributed by atoms with Crippen LogP contribution in [0.15, 0.2) is 28.7 Å². The lowest BCUT2D eigenvalue weighted by Crippen LogP contribution is -2.50. The molecule has 27 heavy (non-hydrogen) atoms. The highest BCUT2D eigenvalue weighted by atomic mass is 16.4. The zero-order valence-electron chi connectivity index (χ0n) is 16.1. The summed E-state index contributed by atoms with van der Waals surface area (Å²) in [6.45, 7) is 7.23. The van der Waals surface area contributed by atoms with Gasteiger partial charge in [-0.05, 0) is 38.9 Å². The highest BCUT2D eigenvalue weighted by Crippen LogP contribution is 2.27. The fourth-order valence-electron chi connectivity index (χ4n) is 3.76. The van der Waals surface area contributed by atoms with Gasteiger partial charge in [0, 0.05) is 50.7 Å². The third-order valence-corrected chi connectivity index (χ3v) is 5.64. The van der Waals surface area contributed by atoms with Crippen LogP contribution in [-0.2, 0) is 4.79 Å². The van der Waals surface area contributed by atoms with E-state index in [0.29, 0.717) is 17.8 Å². The van der Waals surface area contributed by atoms with Gasteiger partial charge in [0.1, 0.15) is 0 Å². The van der Waals surface area contributed by atoms with Crippen LogP contribution in [0, 0.1) is 12.8 Å². The monoisotopic (exact) mass is 369 g/mol. The normalized spacial score (nSPS) is 19.5. The summed E-state index contributed by atoms with van der Waals surface area (Å²) < 4.78 is 5.88. The number of rotatable bonds is 3. The Labute approximate surface area is 159 Å². The van der Waals surface area contributed by atoms with Gasteiger partial charge in [0.05, 0.1) is 0 Å². The lowest BCUT2D eigenvalue weighted by Gasteiger charge is -2.37. The first-order chi connectivity index (χ1) is 13.1. The maximum atomic E-state index is 12.8. The van der Waals surface area contributed by atoms with Crippen molar-refractivity contribution in [3.63, 3.8) is 0 Å². The highest BCUT2D eigenvalue weighted by Gasteiger charge is 2.31. The molecule has 0 unspecified atom stereocenters. The molecule has 144 valence electrons. The standard InChI is InChI=1S/C20H27N5O2/c1-15-3-5-16(6-4-15)18-21-22-20(27-18)25-9-7-17(8-10-25)19(26)24-13-11-23(2)12-14-24/h3-6,17H,7-14H2,1-2H3. The third kappa shape index (κ3) is 3.98. The summed E-state index contributed by atoms with van der Waals surface area (Å²) in [6.07, 6.45) is 1.68. The number of nitrogens with zero attached hydrogens (tertiary/aromatic N) is 5. The summed E-state index contributed by atoms with van der Waals surface area (Å²) >= 11 is 0. The molecule has 2 aromatic rings. The van der Waals surface area contributed by atoms with Gasteiger partial charge in [0.25, 0.3) is 0 Å². The SMILES string of the molecule is Cc1ccc(-c2nnc(N3CCC(C(=O)N4CCN(C)CC4)CC3)o2)cc1. The molecular weight excluding hydrogens is 342 g/mol. The molecule has 2 fully saturated rings. The van der Waals surface area contributed by atoms with Crippen LogP contribution < -0.4 is 4.90 Å². The van der Waals surface area contributed by atoms with Gasteiger partial charge in [0.2, 0.25) is 11.8 Å². The van der Waals surface area contributed by atoms with Crippen LogP contribution in [0.2, 0.25) is 0 Å². The van der Waals surface area contributed by atoms with Crippen molar-refractivity contribution in [1.82, 2.24) is 20.0 Å². The van der Waals surface area contributed by atoms with Crippen molar-refractivity contribution in [2.75, 3.05) is 51.2 Å². The minimum atomic E-state index is 0.115. The summed E-state index contributed by atoms with van der Waals surface area (Å²) in [7, 11) is 2.11. The van der Waals surface area contributed by atoms with Gasteiger partial charge >= 0.3 is 6.01 Å². The Kier molecular flexibility index (Phi) is 5.11. The number of piperazine rings is 1. The van der Waals surface area contributed by atoms with E-state index in [2.05, 4.69) is 34.0 Å². The van der Waals surface area contributed by atoms with E-state index in [1.165, 1.54) is 5.56 Å². The average Bonchev–Trinajstić information content (AvgIpc) is 3.19. The summed E-state index contributed by atoms with van der Waals surface area (Å²) in [4.78, 5) is 19.2. The molecule has 0 saturated carbocycles. The van der Waals surface area contributed by atoms with Gasteiger partial charge in [-0.15, -0.1) is 5.10 Å². The topological polar surface area (TPSA) is 65.7 Å². The van der Waals surface area contributed by atoms with E-state index >= 15 is 0 Å². The van der Waals surface area contributed by atoms with Crippen molar-refractivity contribution in [3.05, 3.63) is 29.8 Å². The van der Waals surface area contributed by atoms with Crippen molar-refractivity contribution in [1.29, 1.82) is 0 Å². The van der Waals surface area contributed by atoms with E-state index in [9.17, 15) is 4.79 Å². The number of anilines is 1. The lowest BCUT2D eigenvalue weighted by molar-refractivity contribution is -0.137. The Balaban J connectivity index is 1.34. The average molecular weight is 369 g/mol. The van der Waals surface area contributed by atoms with Crippen LogP contribution >= 0.6 is 0 Å². The second-order valence-electron chi connectivity index (χ2n) is 7.65. The number of carbonyl (C=O) groups is 1. The summed E-state index contributed by atoms with van der Waals surface area (Å²) in [5.74, 6) is 0.971. The van der Waals surface area contributed by atoms with Crippen molar-refractivity contribution in [2.24, 2.45) is 5.92 Å². The fraction of sp³-hybridized carbons (Fsp3) is 0.550. The van der Waals surface area contributed by atoms with Crippen molar-refractivity contribution in [3.8, 4) is 11.5 Å². The largest absolute Gasteiger partial charge is 0.403 e. The van der Waals surface area contributed by atoms with Crippen molar-refractivity contribution < 1.29 is 9.21 Å². The number of aromatic nitrogens is 2. The van der Waals surface area contributed by atoms with Crippen molar-refractivity contribution in [2.45, 2.75) is 19.8 Å². The Morgan fingerprint density at radius 2 is 1.67 bits per heavy atom. The molecule has 2 aliphatic rings. The molecule has 7 heteroatoms. The Morgan fingerprint density at radius 3 is 2.33 bits per heavy atom. The number of carbonyl (C=O) groups excluding carboxylic acids is 1. The predicted octanol–water partition coefficient (Wildman–Crippen LogP) is 2.04. The molecule has 0 radical (unpaired) electrons. The number of piperidine rings is 1. The number of benzene rings is 1. The van der Waals surface area contributed by atoms with Crippen LogP contribution in [0.3, 0.4) is 0 Å². The molecule has 0 aliphatic carbocycles. The van der Waals surface area contributed by atoms with E-state index in [0.717, 1.165) is 57.7 Å². The van der Waals surface area contributed by atoms with Gasteiger partial charge in [-0.25, -0.2) is 0 Å². The van der Waals surface area contributed by atoms with Crippen LogP contribution in [-0.4, -0.2) is 72.2 Å². The smallest absolute Gasteiger partial charge is 0.318 e. The zero-order valence-corrected chi connectivity index (χ0v) is 16.1. The molecule has 1 aromatic carbocycles. The van der Waals surface area contributed by atoms with Crippen LogP contribution in [0.1, 0.15) is 18.4 Å². The van der Waals surface area contributed by atoms with E-state index in [4.69, 9.17) is 4.42 Å². The zero-order chi connectivity index (χ0) is 18.8. The molecular formula is C20H27N5O2. The quantitative estimate of drug-likeness (QED) is 0.825. The summed E-state index contributed by atoms with van der Waals surface area (Å²) in [6, 6.07) is 8.61. The maximum absolute atomic E-state index is 12.8. The lowest BCUT2D eigenvalue weighted by atomic mass is 9.95. The molecule has 4 rings (SSSR count). The van der Waals surface area contributed by atoms with E-state index in [-0.39, 0.29) is 5.92 Å². The number of hydrogen-bond donors (Lipinski definition) is 0. The van der Waals surface area contributed by atoms with Gasteiger partial charge in [0.15, 0.2) is 0 Å². The molecule has 0 N–H and O–H groups in total. The predicted molar refractivity (Wildman–Crippen MR) is 103 cm³/mol. The van der Waals surface area contributed by atoms with Gasteiger partial charge in [-0.2, -0.15) is 0 Å². The van der Waals surface area contributed by atoms with Crippen molar-refractivity contribution >= 4 is 11.9 Å². The Hall–Kier alpha value is -2.41. The Bertz CT molecular complexity index is 772. The molecule has 2 aliphatic heterocycles. The molecule has 2 saturated heterocycles. The minimum Gasteiger partial charge on any atom is -0.403 e. The van der Waals surface area contributed by atoms with E-state index < -0.39 is 0 Å². The molecule has 1 aromatic heterocycles. The van der Waals surface area contributed by atoms with E-state index in [1.807, 2.05) is 29.2 Å².